The topological polar surface area (TPSA) is 66.4 Å². The number of aliphatic hydroxyl groups is 1. The maximum Gasteiger partial charge on any atom is 0.261 e. The van der Waals surface area contributed by atoms with Gasteiger partial charge in [0.2, 0.25) is 0 Å². The number of amides is 1. The highest BCUT2D eigenvalue weighted by Gasteiger charge is 2.46. The third kappa shape index (κ3) is 1.40. The van der Waals surface area contributed by atoms with Gasteiger partial charge in [-0.1, -0.05) is 12.1 Å². The molecule has 1 aromatic rings. The Morgan fingerprint density at radius 1 is 1.56 bits per heavy atom. The number of hydrogen-bond acceptors (Lipinski definition) is 3. The SMILES string of the molecule is CC(=O)C[C@@]1(O)C(=O)Nc2c(F)cccc21. The lowest BCUT2D eigenvalue weighted by molar-refractivity contribution is -0.139. The third-order valence-corrected chi connectivity index (χ3v) is 2.58. The second-order valence-corrected chi connectivity index (χ2v) is 3.86. The fraction of sp³-hybridized carbons (Fsp3) is 0.273. The molecular formula is C11H10FNO3. The largest absolute Gasteiger partial charge is 0.375 e. The van der Waals surface area contributed by atoms with Crippen LogP contribution >= 0.6 is 0 Å². The molecular weight excluding hydrogens is 213 g/mol. The Morgan fingerprint density at radius 2 is 2.25 bits per heavy atom. The standard InChI is InChI=1S/C11H10FNO3/c1-6(14)5-11(16)7-3-2-4-8(12)9(7)13-10(11)15/h2-4,16H,5H2,1H3,(H,13,15)/t11-/m0/s1. The van der Waals surface area contributed by atoms with E-state index >= 15 is 0 Å². The lowest BCUT2D eigenvalue weighted by Crippen LogP contribution is -2.35. The fourth-order valence-corrected chi connectivity index (χ4v) is 1.87. The maximum atomic E-state index is 13.3. The van der Waals surface area contributed by atoms with Crippen LogP contribution in [0.3, 0.4) is 0 Å². The number of halogens is 1. The minimum atomic E-state index is -1.94. The molecule has 1 aromatic carbocycles. The normalized spacial score (nSPS) is 22.8. The van der Waals surface area contributed by atoms with E-state index in [0.29, 0.717) is 0 Å². The number of fused-ring (bicyclic) bond motifs is 1. The predicted octanol–water partition coefficient (Wildman–Crippen LogP) is 0.944. The summed E-state index contributed by atoms with van der Waals surface area (Å²) in [5, 5.41) is 12.4. The summed E-state index contributed by atoms with van der Waals surface area (Å²) < 4.78 is 13.3. The molecule has 0 saturated heterocycles. The molecule has 5 heteroatoms. The first-order valence-electron chi connectivity index (χ1n) is 4.77. The summed E-state index contributed by atoms with van der Waals surface area (Å²) in [5.41, 5.74) is -1.87. The Bertz CT molecular complexity index is 486. The number of carbonyl (C=O) groups excluding carboxylic acids is 2. The first-order valence-corrected chi connectivity index (χ1v) is 4.77. The van der Waals surface area contributed by atoms with E-state index < -0.39 is 17.3 Å². The van der Waals surface area contributed by atoms with Crippen molar-refractivity contribution in [1.29, 1.82) is 0 Å². The van der Waals surface area contributed by atoms with E-state index in [1.807, 2.05) is 0 Å². The molecule has 1 aliphatic rings. The van der Waals surface area contributed by atoms with Gasteiger partial charge in [-0.25, -0.2) is 4.39 Å². The van der Waals surface area contributed by atoms with Crippen LogP contribution in [0.15, 0.2) is 18.2 Å². The van der Waals surface area contributed by atoms with Crippen LogP contribution in [-0.2, 0) is 15.2 Å². The number of rotatable bonds is 2. The van der Waals surface area contributed by atoms with Gasteiger partial charge in [-0.2, -0.15) is 0 Å². The van der Waals surface area contributed by atoms with E-state index in [1.54, 1.807) is 0 Å². The van der Waals surface area contributed by atoms with Gasteiger partial charge in [-0.3, -0.25) is 9.59 Å². The van der Waals surface area contributed by atoms with Crippen molar-refractivity contribution < 1.29 is 19.1 Å². The summed E-state index contributed by atoms with van der Waals surface area (Å²) in [4.78, 5) is 22.6. The molecule has 1 heterocycles. The summed E-state index contributed by atoms with van der Waals surface area (Å²) in [7, 11) is 0. The van der Waals surface area contributed by atoms with Crippen molar-refractivity contribution in [3.63, 3.8) is 0 Å². The van der Waals surface area contributed by atoms with Crippen LogP contribution in [0.5, 0.6) is 0 Å². The van der Waals surface area contributed by atoms with E-state index in [-0.39, 0.29) is 23.5 Å². The van der Waals surface area contributed by atoms with Crippen LogP contribution in [0, 0.1) is 5.82 Å². The van der Waals surface area contributed by atoms with Crippen molar-refractivity contribution >= 4 is 17.4 Å². The monoisotopic (exact) mass is 223 g/mol. The zero-order valence-corrected chi connectivity index (χ0v) is 8.58. The Labute approximate surface area is 91.1 Å². The van der Waals surface area contributed by atoms with E-state index in [1.165, 1.54) is 25.1 Å². The maximum absolute atomic E-state index is 13.3. The van der Waals surface area contributed by atoms with Gasteiger partial charge in [0.05, 0.1) is 5.69 Å². The Balaban J connectivity index is 2.55. The highest BCUT2D eigenvalue weighted by Crippen LogP contribution is 2.39. The number of benzene rings is 1. The zero-order chi connectivity index (χ0) is 11.9. The summed E-state index contributed by atoms with van der Waals surface area (Å²) >= 11 is 0. The number of para-hydroxylation sites is 1. The van der Waals surface area contributed by atoms with Crippen molar-refractivity contribution in [3.05, 3.63) is 29.6 Å². The van der Waals surface area contributed by atoms with Gasteiger partial charge in [-0.15, -0.1) is 0 Å². The van der Waals surface area contributed by atoms with E-state index in [9.17, 15) is 19.1 Å². The first kappa shape index (κ1) is 10.8. The number of ketones is 1. The molecule has 2 rings (SSSR count). The van der Waals surface area contributed by atoms with E-state index in [2.05, 4.69) is 5.32 Å². The van der Waals surface area contributed by atoms with Gasteiger partial charge in [-0.05, 0) is 13.0 Å². The summed E-state index contributed by atoms with van der Waals surface area (Å²) in [6, 6.07) is 4.00. The van der Waals surface area contributed by atoms with Crippen LogP contribution in [0.25, 0.3) is 0 Å². The zero-order valence-electron chi connectivity index (χ0n) is 8.58. The number of nitrogens with one attached hydrogen (secondary N) is 1. The molecule has 0 saturated carbocycles. The predicted molar refractivity (Wildman–Crippen MR) is 54.2 cm³/mol. The summed E-state index contributed by atoms with van der Waals surface area (Å²) in [6.07, 6.45) is -0.352. The van der Waals surface area contributed by atoms with Crippen LogP contribution in [-0.4, -0.2) is 16.8 Å². The molecule has 1 amide bonds. The van der Waals surface area contributed by atoms with Crippen LogP contribution in [0.4, 0.5) is 10.1 Å². The van der Waals surface area contributed by atoms with E-state index in [4.69, 9.17) is 0 Å². The third-order valence-electron chi connectivity index (χ3n) is 2.58. The summed E-state index contributed by atoms with van der Waals surface area (Å²) in [6.45, 7) is 1.27. The Kier molecular flexibility index (Phi) is 2.27. The molecule has 84 valence electrons. The molecule has 0 aliphatic carbocycles. The Morgan fingerprint density at radius 3 is 2.88 bits per heavy atom. The minimum Gasteiger partial charge on any atom is -0.375 e. The smallest absolute Gasteiger partial charge is 0.261 e. The second kappa shape index (κ2) is 3.38. The molecule has 0 unspecified atom stereocenters. The van der Waals surface area contributed by atoms with Crippen molar-refractivity contribution in [2.75, 3.05) is 5.32 Å². The molecule has 1 aliphatic heterocycles. The molecule has 0 fully saturated rings. The molecule has 0 aromatic heterocycles. The number of carbonyl (C=O) groups is 2. The molecule has 0 radical (unpaired) electrons. The molecule has 4 nitrogen and oxygen atoms in total. The average molecular weight is 223 g/mol. The van der Waals surface area contributed by atoms with E-state index in [0.717, 1.165) is 0 Å². The van der Waals surface area contributed by atoms with Crippen molar-refractivity contribution in [1.82, 2.24) is 0 Å². The fourth-order valence-electron chi connectivity index (χ4n) is 1.87. The highest BCUT2D eigenvalue weighted by molar-refractivity contribution is 6.07. The number of Topliss-reactive ketones (excluding diaryl/α,β-unsaturated/α-hetero) is 1. The second-order valence-electron chi connectivity index (χ2n) is 3.86. The van der Waals surface area contributed by atoms with Gasteiger partial charge in [0, 0.05) is 12.0 Å². The van der Waals surface area contributed by atoms with Crippen molar-refractivity contribution in [2.24, 2.45) is 0 Å². The number of hydrogen-bond donors (Lipinski definition) is 2. The number of anilines is 1. The molecule has 16 heavy (non-hydrogen) atoms. The van der Waals surface area contributed by atoms with Crippen molar-refractivity contribution in [2.45, 2.75) is 18.9 Å². The van der Waals surface area contributed by atoms with Crippen LogP contribution in [0.1, 0.15) is 18.9 Å². The van der Waals surface area contributed by atoms with Gasteiger partial charge in [0.25, 0.3) is 5.91 Å². The van der Waals surface area contributed by atoms with Gasteiger partial charge >= 0.3 is 0 Å². The molecule has 1 atom stereocenters. The first-order chi connectivity index (χ1) is 7.45. The molecule has 0 bridgehead atoms. The van der Waals surface area contributed by atoms with Gasteiger partial charge in [0.1, 0.15) is 11.6 Å². The summed E-state index contributed by atoms with van der Waals surface area (Å²) in [5.74, 6) is -1.72. The quantitative estimate of drug-likeness (QED) is 0.784. The lowest BCUT2D eigenvalue weighted by atomic mass is 9.90. The molecule has 0 spiro atoms. The Hall–Kier alpha value is -1.75. The highest BCUT2D eigenvalue weighted by atomic mass is 19.1. The minimum absolute atomic E-state index is 0.0451. The lowest BCUT2D eigenvalue weighted by Gasteiger charge is -2.18. The molecule has 2 N–H and O–H groups in total. The van der Waals surface area contributed by atoms with Crippen LogP contribution < -0.4 is 5.32 Å². The van der Waals surface area contributed by atoms with Gasteiger partial charge < -0.3 is 10.4 Å². The average Bonchev–Trinajstić information content (AvgIpc) is 2.41. The van der Waals surface area contributed by atoms with Crippen molar-refractivity contribution in [3.8, 4) is 0 Å². The van der Waals surface area contributed by atoms with Gasteiger partial charge in [0.15, 0.2) is 5.60 Å². The van der Waals surface area contributed by atoms with Crippen LogP contribution in [0.2, 0.25) is 0 Å².